The first-order valence-electron chi connectivity index (χ1n) is 22.6. The van der Waals surface area contributed by atoms with Gasteiger partial charge in [-0.1, -0.05) is 204 Å². The molecule has 0 bridgehead atoms. The molecule has 0 heterocycles. The summed E-state index contributed by atoms with van der Waals surface area (Å²) in [6, 6.07) is 55.8. The number of nitrogens with one attached hydrogen (secondary N) is 3. The van der Waals surface area contributed by atoms with Crippen molar-refractivity contribution >= 4 is 51.3 Å². The molecular formula is C55H59N3O4S3. The number of hydrogen-bond donors (Lipinski definition) is 3. The van der Waals surface area contributed by atoms with Crippen LogP contribution in [0.3, 0.4) is 0 Å². The maximum Gasteiger partial charge on any atom is 0.407 e. The van der Waals surface area contributed by atoms with Crippen LogP contribution in [0.5, 0.6) is 0 Å². The summed E-state index contributed by atoms with van der Waals surface area (Å²) in [6.07, 6.45) is 4.27. The minimum atomic E-state index is -0.810. The van der Waals surface area contributed by atoms with Crippen molar-refractivity contribution in [3.05, 3.63) is 203 Å². The number of alkyl carbamates (subject to hydrolysis) is 1. The van der Waals surface area contributed by atoms with E-state index in [1.54, 1.807) is 10.8 Å². The first-order valence-corrected chi connectivity index (χ1v) is 26.1. The van der Waals surface area contributed by atoms with Crippen LogP contribution in [-0.2, 0) is 25.5 Å². The highest BCUT2D eigenvalue weighted by atomic mass is 33.1. The molecule has 1 unspecified atom stereocenters. The van der Waals surface area contributed by atoms with Gasteiger partial charge >= 0.3 is 6.09 Å². The topological polar surface area (TPSA) is 96.5 Å². The second kappa shape index (κ2) is 24.2. The maximum atomic E-state index is 13.6. The number of aryl methyl sites for hydroxylation is 1. The average molecular weight is 922 g/mol. The molecule has 336 valence electrons. The molecule has 0 fully saturated rings. The molecule has 1 aliphatic rings. The summed E-state index contributed by atoms with van der Waals surface area (Å²) in [6.45, 7) is 3.97. The fourth-order valence-electron chi connectivity index (χ4n) is 8.43. The number of carbonyl (C=O) groups excluding carboxylic acids is 3. The minimum absolute atomic E-state index is 0.0859. The van der Waals surface area contributed by atoms with E-state index in [-0.39, 0.29) is 35.8 Å². The molecule has 3 amide bonds. The van der Waals surface area contributed by atoms with Crippen LogP contribution >= 0.6 is 33.3 Å². The van der Waals surface area contributed by atoms with Gasteiger partial charge in [0.05, 0.1) is 4.75 Å². The highest BCUT2D eigenvalue weighted by molar-refractivity contribution is 8.76. The lowest BCUT2D eigenvalue weighted by Crippen LogP contribution is -2.52. The fourth-order valence-corrected chi connectivity index (χ4v) is 12.4. The predicted octanol–water partition coefficient (Wildman–Crippen LogP) is 11.7. The highest BCUT2D eigenvalue weighted by Crippen LogP contribution is 2.49. The Morgan fingerprint density at radius 1 is 0.615 bits per heavy atom. The summed E-state index contributed by atoms with van der Waals surface area (Å²) in [5.41, 5.74) is 10.6. The van der Waals surface area contributed by atoms with Gasteiger partial charge < -0.3 is 20.7 Å². The second-order valence-electron chi connectivity index (χ2n) is 16.5. The number of ether oxygens (including phenoxy) is 1. The number of thioether (sulfide) groups is 1. The number of carbonyl (C=O) groups is 3. The zero-order valence-corrected chi connectivity index (χ0v) is 39.7. The Kier molecular flexibility index (Phi) is 17.7. The van der Waals surface area contributed by atoms with Gasteiger partial charge in [0.2, 0.25) is 11.8 Å². The Bertz CT molecular complexity index is 2350. The number of fused-ring (bicyclic) bond motifs is 3. The zero-order valence-electron chi connectivity index (χ0n) is 37.2. The van der Waals surface area contributed by atoms with Crippen LogP contribution in [0.4, 0.5) is 4.79 Å². The molecule has 0 spiro atoms. The van der Waals surface area contributed by atoms with Gasteiger partial charge in [-0.3, -0.25) is 9.59 Å². The van der Waals surface area contributed by atoms with Crippen molar-refractivity contribution in [1.29, 1.82) is 0 Å². The lowest BCUT2D eigenvalue weighted by molar-refractivity contribution is -0.128. The van der Waals surface area contributed by atoms with Crippen molar-refractivity contribution in [2.75, 3.05) is 30.4 Å². The Hall–Kier alpha value is -5.42. The van der Waals surface area contributed by atoms with Crippen molar-refractivity contribution in [2.45, 2.75) is 68.7 Å². The summed E-state index contributed by atoms with van der Waals surface area (Å²) in [5, 5.41) is 8.54. The van der Waals surface area contributed by atoms with Gasteiger partial charge in [-0.15, -0.1) is 11.8 Å². The van der Waals surface area contributed by atoms with E-state index in [1.165, 1.54) is 35.1 Å². The third-order valence-corrected chi connectivity index (χ3v) is 16.0. The maximum absolute atomic E-state index is 13.6. The van der Waals surface area contributed by atoms with E-state index in [9.17, 15) is 14.4 Å². The van der Waals surface area contributed by atoms with Crippen molar-refractivity contribution in [2.24, 2.45) is 0 Å². The number of rotatable bonds is 23. The lowest BCUT2D eigenvalue weighted by Gasteiger charge is -2.35. The Morgan fingerprint density at radius 2 is 1.15 bits per heavy atom. The summed E-state index contributed by atoms with van der Waals surface area (Å²) < 4.78 is 5.33. The second-order valence-corrected chi connectivity index (χ2v) is 20.5. The van der Waals surface area contributed by atoms with Gasteiger partial charge in [-0.05, 0) is 76.9 Å². The molecule has 2 atom stereocenters. The molecule has 0 saturated heterocycles. The monoisotopic (exact) mass is 921 g/mol. The third kappa shape index (κ3) is 12.9. The summed E-state index contributed by atoms with van der Waals surface area (Å²) in [4.78, 5) is 39.5. The number of amides is 3. The number of benzene rings is 6. The van der Waals surface area contributed by atoms with Crippen molar-refractivity contribution in [1.82, 2.24) is 16.0 Å². The van der Waals surface area contributed by atoms with Crippen LogP contribution in [0.2, 0.25) is 0 Å². The van der Waals surface area contributed by atoms with Crippen molar-refractivity contribution in [3.63, 3.8) is 0 Å². The number of unbranched alkanes of at least 4 members (excludes halogenated alkanes) is 3. The molecule has 0 saturated carbocycles. The average Bonchev–Trinajstić information content (AvgIpc) is 3.66. The first kappa shape index (κ1) is 47.5. The quantitative estimate of drug-likeness (QED) is 0.0335. The van der Waals surface area contributed by atoms with Gasteiger partial charge in [-0.25, -0.2) is 4.79 Å². The predicted molar refractivity (Wildman–Crippen MR) is 273 cm³/mol. The van der Waals surface area contributed by atoms with Gasteiger partial charge in [0.1, 0.15) is 19.2 Å². The van der Waals surface area contributed by atoms with E-state index in [2.05, 4.69) is 132 Å². The van der Waals surface area contributed by atoms with Gasteiger partial charge in [0.15, 0.2) is 0 Å². The molecule has 0 radical (unpaired) electrons. The molecule has 7 rings (SSSR count). The van der Waals surface area contributed by atoms with Crippen LogP contribution < -0.4 is 16.0 Å². The molecule has 6 aromatic rings. The van der Waals surface area contributed by atoms with Gasteiger partial charge in [-0.2, -0.15) is 0 Å². The van der Waals surface area contributed by atoms with E-state index < -0.39 is 18.0 Å². The molecule has 0 aromatic heterocycles. The van der Waals surface area contributed by atoms with E-state index >= 15 is 0 Å². The van der Waals surface area contributed by atoms with Gasteiger partial charge in [0.25, 0.3) is 0 Å². The fraction of sp³-hybridized carbons (Fsp3) is 0.291. The van der Waals surface area contributed by atoms with Crippen LogP contribution in [0.15, 0.2) is 164 Å². The molecule has 65 heavy (non-hydrogen) atoms. The van der Waals surface area contributed by atoms with E-state index in [1.807, 2.05) is 84.1 Å². The van der Waals surface area contributed by atoms with Crippen LogP contribution in [0, 0.1) is 6.92 Å². The molecule has 6 aromatic carbocycles. The lowest BCUT2D eigenvalue weighted by atomic mass is 9.84. The normalized spacial score (nSPS) is 13.0. The highest BCUT2D eigenvalue weighted by Gasteiger charge is 2.37. The first-order chi connectivity index (χ1) is 31.8. The van der Waals surface area contributed by atoms with Crippen molar-refractivity contribution in [3.8, 4) is 11.1 Å². The Labute approximate surface area is 397 Å². The van der Waals surface area contributed by atoms with Crippen LogP contribution in [-0.4, -0.2) is 60.4 Å². The standard InChI is InChI=1S/C55H59N3O4S3/c1-40-30-32-45(33-31-40)55(43-22-10-6-11-23-43,44-24-12-7-13-25-44)63-34-18-3-4-19-35-64-65-39-41(2)57-53(60)51(36-42-20-8-5-9-21-42)58-52(59)37-56-54(61)62-38-50-48-28-16-14-26-46(48)47-27-15-17-29-49(47)50/h5-17,20-33,41,50-51H,3-4,18-19,34-39H2,1-2H3,(H,56,61)(H,57,60)(H,58,59)/t41?,51-/m0/s1. The van der Waals surface area contributed by atoms with Crippen LogP contribution in [0.1, 0.15) is 77.5 Å². The Balaban J connectivity index is 0.817. The molecule has 3 N–H and O–H groups in total. The van der Waals surface area contributed by atoms with E-state index in [0.29, 0.717) is 6.42 Å². The summed E-state index contributed by atoms with van der Waals surface area (Å²) in [7, 11) is 3.61. The smallest absolute Gasteiger partial charge is 0.407 e. The third-order valence-electron chi connectivity index (χ3n) is 11.7. The molecule has 1 aliphatic carbocycles. The van der Waals surface area contributed by atoms with E-state index in [0.717, 1.165) is 57.9 Å². The Morgan fingerprint density at radius 3 is 1.77 bits per heavy atom. The summed E-state index contributed by atoms with van der Waals surface area (Å²) >= 11 is 2.04. The SMILES string of the molecule is Cc1ccc(C(SCCCCCCSSCC(C)NC(=O)[C@H](Cc2ccccc2)NC(=O)CNC(=O)OCC2c3ccccc3-c3ccccc32)(c2ccccc2)c2ccccc2)cc1. The molecular weight excluding hydrogens is 863 g/mol. The summed E-state index contributed by atoms with van der Waals surface area (Å²) in [5.74, 6) is 2.02. The number of hydrogen-bond acceptors (Lipinski definition) is 7. The molecule has 7 nitrogen and oxygen atoms in total. The van der Waals surface area contributed by atoms with Crippen LogP contribution in [0.25, 0.3) is 11.1 Å². The molecule has 0 aliphatic heterocycles. The molecule has 10 heteroatoms. The van der Waals surface area contributed by atoms with Gasteiger partial charge in [0, 0.05) is 29.9 Å². The van der Waals surface area contributed by atoms with E-state index in [4.69, 9.17) is 4.74 Å². The minimum Gasteiger partial charge on any atom is -0.449 e. The largest absolute Gasteiger partial charge is 0.449 e. The van der Waals surface area contributed by atoms with Crippen molar-refractivity contribution < 1.29 is 19.1 Å². The zero-order chi connectivity index (χ0) is 45.3.